The van der Waals surface area contributed by atoms with Crippen LogP contribution < -0.4 is 4.74 Å². The number of Topliss-reactive ketones (excluding diaryl/α,β-unsaturated/α-hetero) is 1. The van der Waals surface area contributed by atoms with Crippen LogP contribution >= 0.6 is 0 Å². The third-order valence-electron chi connectivity index (χ3n) is 2.63. The molecule has 1 aromatic carbocycles. The van der Waals surface area contributed by atoms with Crippen LogP contribution in [0.2, 0.25) is 0 Å². The van der Waals surface area contributed by atoms with E-state index in [4.69, 9.17) is 11.2 Å². The number of hydrogen-bond donors (Lipinski definition) is 0. The number of ketones is 1. The first-order valence-electron chi connectivity index (χ1n) is 5.84. The summed E-state index contributed by atoms with van der Waals surface area (Å²) in [5, 5.41) is 0. The van der Waals surface area contributed by atoms with Crippen LogP contribution in [0.5, 0.6) is 5.75 Å². The van der Waals surface area contributed by atoms with Crippen molar-refractivity contribution in [1.82, 2.24) is 0 Å². The zero-order valence-electron chi connectivity index (χ0n) is 10.2. The summed E-state index contributed by atoms with van der Waals surface area (Å²) in [4.78, 5) is 11.5. The van der Waals surface area contributed by atoms with Crippen molar-refractivity contribution in [2.24, 2.45) is 0 Å². The first-order chi connectivity index (χ1) is 8.26. The Morgan fingerprint density at radius 3 is 2.59 bits per heavy atom. The van der Waals surface area contributed by atoms with Gasteiger partial charge in [0.2, 0.25) is 0 Å². The van der Waals surface area contributed by atoms with Crippen LogP contribution in [0.1, 0.15) is 31.2 Å². The van der Waals surface area contributed by atoms with E-state index in [0.29, 0.717) is 19.3 Å². The molecular formula is C15H18O2. The fourth-order valence-corrected chi connectivity index (χ4v) is 1.59. The van der Waals surface area contributed by atoms with Gasteiger partial charge in [0.25, 0.3) is 0 Å². The number of hydrogen-bond acceptors (Lipinski definition) is 2. The topological polar surface area (TPSA) is 26.3 Å². The van der Waals surface area contributed by atoms with E-state index < -0.39 is 0 Å². The maximum absolute atomic E-state index is 11.5. The molecule has 0 bridgehead atoms. The summed E-state index contributed by atoms with van der Waals surface area (Å²) in [7, 11) is 1.64. The number of ether oxygens (including phenoxy) is 1. The summed E-state index contributed by atoms with van der Waals surface area (Å²) in [5.74, 6) is 3.67. The molecule has 0 aliphatic rings. The highest BCUT2D eigenvalue weighted by atomic mass is 16.5. The largest absolute Gasteiger partial charge is 0.497 e. The Bertz CT molecular complexity index is 384. The van der Waals surface area contributed by atoms with E-state index in [2.05, 4.69) is 5.92 Å². The Hall–Kier alpha value is -1.75. The average molecular weight is 230 g/mol. The Kier molecular flexibility index (Phi) is 5.88. The first-order valence-corrected chi connectivity index (χ1v) is 5.84. The van der Waals surface area contributed by atoms with Crippen molar-refractivity contribution >= 4 is 5.78 Å². The summed E-state index contributed by atoms with van der Waals surface area (Å²) in [6.45, 7) is 0. The van der Waals surface area contributed by atoms with E-state index in [9.17, 15) is 4.79 Å². The second-order valence-electron chi connectivity index (χ2n) is 3.94. The number of benzene rings is 1. The Labute approximate surface area is 103 Å². The van der Waals surface area contributed by atoms with E-state index in [1.165, 1.54) is 0 Å². The second kappa shape index (κ2) is 7.51. The van der Waals surface area contributed by atoms with Gasteiger partial charge in [0, 0.05) is 19.3 Å². The molecule has 1 rings (SSSR count). The minimum atomic E-state index is 0.288. The quantitative estimate of drug-likeness (QED) is 0.531. The van der Waals surface area contributed by atoms with Gasteiger partial charge in [-0.1, -0.05) is 12.1 Å². The third kappa shape index (κ3) is 5.21. The van der Waals surface area contributed by atoms with Crippen LogP contribution in [-0.2, 0) is 11.2 Å². The van der Waals surface area contributed by atoms with Crippen LogP contribution in [0.4, 0.5) is 0 Å². The molecule has 0 saturated heterocycles. The fraction of sp³-hybridized carbons (Fsp3) is 0.400. The van der Waals surface area contributed by atoms with Crippen molar-refractivity contribution in [3.63, 3.8) is 0 Å². The minimum absolute atomic E-state index is 0.288. The number of carbonyl (C=O) groups is 1. The maximum Gasteiger partial charge on any atom is 0.133 e. The molecule has 2 heteroatoms. The molecule has 0 aromatic heterocycles. The lowest BCUT2D eigenvalue weighted by Crippen LogP contribution is -2.00. The van der Waals surface area contributed by atoms with Crippen molar-refractivity contribution in [1.29, 1.82) is 0 Å². The van der Waals surface area contributed by atoms with Crippen molar-refractivity contribution in [3.05, 3.63) is 29.8 Å². The molecule has 17 heavy (non-hydrogen) atoms. The summed E-state index contributed by atoms with van der Waals surface area (Å²) in [6, 6.07) is 7.82. The second-order valence-corrected chi connectivity index (χ2v) is 3.94. The van der Waals surface area contributed by atoms with Gasteiger partial charge < -0.3 is 4.74 Å². The summed E-state index contributed by atoms with van der Waals surface area (Å²) < 4.78 is 5.07. The Morgan fingerprint density at radius 1 is 1.29 bits per heavy atom. The standard InChI is InChI=1S/C15H18O2/c1-3-4-5-6-14(16)10-7-13-8-11-15(17-2)12-9-13/h1,8-9,11-12H,4-7,10H2,2H3. The van der Waals surface area contributed by atoms with Crippen molar-refractivity contribution in [3.8, 4) is 18.1 Å². The predicted octanol–water partition coefficient (Wildman–Crippen LogP) is 3.00. The first kappa shape index (κ1) is 13.3. The molecular weight excluding hydrogens is 212 g/mol. The molecule has 0 radical (unpaired) electrons. The predicted molar refractivity (Wildman–Crippen MR) is 69.0 cm³/mol. The molecule has 0 N–H and O–H groups in total. The molecule has 0 amide bonds. The van der Waals surface area contributed by atoms with Crippen molar-refractivity contribution in [2.45, 2.75) is 32.1 Å². The third-order valence-corrected chi connectivity index (χ3v) is 2.63. The van der Waals surface area contributed by atoms with Gasteiger partial charge in [0.1, 0.15) is 11.5 Å². The lowest BCUT2D eigenvalue weighted by atomic mass is 10.0. The monoisotopic (exact) mass is 230 g/mol. The number of unbranched alkanes of at least 4 members (excludes halogenated alkanes) is 1. The molecule has 0 fully saturated rings. The van der Waals surface area contributed by atoms with Gasteiger partial charge in [-0.2, -0.15) is 0 Å². The SMILES string of the molecule is C#CCCCC(=O)CCc1ccc(OC)cc1. The van der Waals surface area contributed by atoms with Crippen molar-refractivity contribution < 1.29 is 9.53 Å². The fourth-order valence-electron chi connectivity index (χ4n) is 1.59. The zero-order chi connectivity index (χ0) is 12.5. The molecule has 0 spiro atoms. The van der Waals surface area contributed by atoms with E-state index in [1.807, 2.05) is 24.3 Å². The van der Waals surface area contributed by atoms with Crippen molar-refractivity contribution in [2.75, 3.05) is 7.11 Å². The molecule has 0 unspecified atom stereocenters. The van der Waals surface area contributed by atoms with Gasteiger partial charge >= 0.3 is 0 Å². The van der Waals surface area contributed by atoms with Gasteiger partial charge in [-0.15, -0.1) is 12.3 Å². The number of methoxy groups -OCH3 is 1. The molecule has 2 nitrogen and oxygen atoms in total. The van der Waals surface area contributed by atoms with Gasteiger partial charge in [-0.3, -0.25) is 4.79 Å². The smallest absolute Gasteiger partial charge is 0.133 e. The van der Waals surface area contributed by atoms with E-state index in [1.54, 1.807) is 7.11 Å². The van der Waals surface area contributed by atoms with E-state index in [-0.39, 0.29) is 5.78 Å². The highest BCUT2D eigenvalue weighted by Crippen LogP contribution is 2.13. The van der Waals surface area contributed by atoms with Gasteiger partial charge in [0.05, 0.1) is 7.11 Å². The van der Waals surface area contributed by atoms with Crippen LogP contribution in [0.3, 0.4) is 0 Å². The molecule has 0 aliphatic heterocycles. The molecule has 1 aromatic rings. The number of terminal acetylenes is 1. The Balaban J connectivity index is 2.29. The molecule has 0 atom stereocenters. The lowest BCUT2D eigenvalue weighted by molar-refractivity contribution is -0.119. The number of rotatable bonds is 7. The van der Waals surface area contributed by atoms with Crippen LogP contribution in [0.25, 0.3) is 0 Å². The van der Waals surface area contributed by atoms with Gasteiger partial charge in [-0.25, -0.2) is 0 Å². The Morgan fingerprint density at radius 2 is 2.00 bits per heavy atom. The molecule has 0 aliphatic carbocycles. The maximum atomic E-state index is 11.5. The molecule has 0 saturated carbocycles. The molecule has 0 heterocycles. The summed E-state index contributed by atoms with van der Waals surface area (Å²) >= 11 is 0. The number of carbonyl (C=O) groups excluding carboxylic acids is 1. The molecule has 90 valence electrons. The highest BCUT2D eigenvalue weighted by molar-refractivity contribution is 5.78. The van der Waals surface area contributed by atoms with E-state index >= 15 is 0 Å². The van der Waals surface area contributed by atoms with Crippen LogP contribution in [-0.4, -0.2) is 12.9 Å². The number of aryl methyl sites for hydroxylation is 1. The van der Waals surface area contributed by atoms with Crippen LogP contribution in [0.15, 0.2) is 24.3 Å². The highest BCUT2D eigenvalue weighted by Gasteiger charge is 2.02. The van der Waals surface area contributed by atoms with Crippen LogP contribution in [0, 0.1) is 12.3 Å². The van der Waals surface area contributed by atoms with E-state index in [0.717, 1.165) is 24.2 Å². The lowest BCUT2D eigenvalue weighted by Gasteiger charge is -2.03. The summed E-state index contributed by atoms with van der Waals surface area (Å²) in [5.41, 5.74) is 1.16. The average Bonchev–Trinajstić information content (AvgIpc) is 2.37. The normalized spacial score (nSPS) is 9.65. The van der Waals surface area contributed by atoms with Gasteiger partial charge in [0.15, 0.2) is 0 Å². The summed E-state index contributed by atoms with van der Waals surface area (Å²) in [6.07, 6.45) is 8.61. The minimum Gasteiger partial charge on any atom is -0.497 e. The van der Waals surface area contributed by atoms with Gasteiger partial charge in [-0.05, 0) is 30.5 Å². The zero-order valence-corrected chi connectivity index (χ0v) is 10.2.